The molecule has 26 heavy (non-hydrogen) atoms. The molecule has 0 bridgehead atoms. The van der Waals surface area contributed by atoms with Crippen LogP contribution < -0.4 is 4.74 Å². The molecule has 140 valence electrons. The van der Waals surface area contributed by atoms with Gasteiger partial charge in [-0.05, 0) is 44.4 Å². The number of β-amino-alcohol motifs (C(OH)–C–C–N with tert-alkyl or cyclic N) is 1. The van der Waals surface area contributed by atoms with Crippen LogP contribution in [0.4, 0.5) is 0 Å². The Labute approximate surface area is 154 Å². The molecule has 2 aromatic rings. The first-order valence-electron chi connectivity index (χ1n) is 9.14. The Kier molecular flexibility index (Phi) is 5.61. The lowest BCUT2D eigenvalue weighted by Crippen LogP contribution is -2.53. The van der Waals surface area contributed by atoms with Gasteiger partial charge in [0.05, 0.1) is 12.2 Å². The van der Waals surface area contributed by atoms with Crippen molar-refractivity contribution in [1.29, 1.82) is 0 Å². The molecular formula is C20H27N3O3. The van der Waals surface area contributed by atoms with Crippen molar-refractivity contribution in [2.45, 2.75) is 45.3 Å². The van der Waals surface area contributed by atoms with Gasteiger partial charge < -0.3 is 14.7 Å². The molecule has 0 radical (unpaired) electrons. The van der Waals surface area contributed by atoms with E-state index >= 15 is 0 Å². The fraction of sp³-hybridized carbons (Fsp3) is 0.500. The number of aryl methyl sites for hydroxylation is 3. The van der Waals surface area contributed by atoms with Crippen LogP contribution in [-0.2, 0) is 11.3 Å². The van der Waals surface area contributed by atoms with Crippen molar-refractivity contribution < 1.29 is 14.6 Å². The second-order valence-electron chi connectivity index (χ2n) is 7.17. The maximum absolute atomic E-state index is 12.5. The molecule has 1 aromatic heterocycles. The van der Waals surface area contributed by atoms with Crippen LogP contribution in [0.25, 0.3) is 0 Å². The highest BCUT2D eigenvalue weighted by molar-refractivity contribution is 5.76. The molecule has 1 aliphatic heterocycles. The Morgan fingerprint density at radius 3 is 2.85 bits per heavy atom. The van der Waals surface area contributed by atoms with E-state index in [1.165, 1.54) is 0 Å². The largest absolute Gasteiger partial charge is 0.490 e. The number of likely N-dealkylation sites (tertiary alicyclic amines) is 1. The van der Waals surface area contributed by atoms with Crippen LogP contribution in [0.3, 0.4) is 0 Å². The summed E-state index contributed by atoms with van der Waals surface area (Å²) in [6.45, 7) is 5.66. The Morgan fingerprint density at radius 2 is 2.12 bits per heavy atom. The number of hydrogen-bond donors (Lipinski definition) is 1. The minimum Gasteiger partial charge on any atom is -0.490 e. The SMILES string of the molecule is Cc1ccn(CCC(=O)N2CCC[C@@](O)(COc3ccccc3C)C2)n1. The van der Waals surface area contributed by atoms with Gasteiger partial charge in [-0.25, -0.2) is 0 Å². The zero-order valence-electron chi connectivity index (χ0n) is 15.5. The van der Waals surface area contributed by atoms with Crippen molar-refractivity contribution in [3.8, 4) is 5.75 Å². The van der Waals surface area contributed by atoms with Crippen LogP contribution in [0.1, 0.15) is 30.5 Å². The summed E-state index contributed by atoms with van der Waals surface area (Å²) >= 11 is 0. The Hall–Kier alpha value is -2.34. The predicted octanol–water partition coefficient (Wildman–Crippen LogP) is 2.32. The molecule has 2 heterocycles. The van der Waals surface area contributed by atoms with Gasteiger partial charge in [-0.1, -0.05) is 18.2 Å². The van der Waals surface area contributed by atoms with Gasteiger partial charge in [0, 0.05) is 25.7 Å². The van der Waals surface area contributed by atoms with Gasteiger partial charge in [-0.15, -0.1) is 0 Å². The van der Waals surface area contributed by atoms with Gasteiger partial charge in [-0.3, -0.25) is 9.48 Å². The summed E-state index contributed by atoms with van der Waals surface area (Å²) in [5.74, 6) is 0.825. The number of aromatic nitrogens is 2. The summed E-state index contributed by atoms with van der Waals surface area (Å²) in [6, 6.07) is 9.68. The van der Waals surface area contributed by atoms with E-state index < -0.39 is 5.60 Å². The quantitative estimate of drug-likeness (QED) is 0.862. The zero-order valence-corrected chi connectivity index (χ0v) is 15.5. The standard InChI is InChI=1S/C20H27N3O3/c1-16-6-3-4-7-18(16)26-15-20(25)10-5-11-22(14-20)19(24)9-13-23-12-8-17(2)21-23/h3-4,6-8,12,25H,5,9-11,13-15H2,1-2H3/t20-/m0/s1. The van der Waals surface area contributed by atoms with Crippen LogP contribution in [-0.4, -0.2) is 51.0 Å². The lowest BCUT2D eigenvalue weighted by molar-refractivity contribution is -0.140. The number of aliphatic hydroxyl groups is 1. The number of carbonyl (C=O) groups is 1. The van der Waals surface area contributed by atoms with E-state index in [1.807, 2.05) is 50.4 Å². The molecule has 0 spiro atoms. The number of rotatable bonds is 6. The van der Waals surface area contributed by atoms with Crippen molar-refractivity contribution in [3.63, 3.8) is 0 Å². The first-order valence-corrected chi connectivity index (χ1v) is 9.14. The fourth-order valence-electron chi connectivity index (χ4n) is 3.33. The van der Waals surface area contributed by atoms with Gasteiger partial charge in [0.25, 0.3) is 0 Å². The zero-order chi connectivity index (χ0) is 18.6. The highest BCUT2D eigenvalue weighted by Gasteiger charge is 2.36. The van der Waals surface area contributed by atoms with E-state index in [1.54, 1.807) is 9.58 Å². The second kappa shape index (κ2) is 7.91. The molecule has 1 saturated heterocycles. The molecule has 1 N–H and O–H groups in total. The minimum atomic E-state index is -1.00. The summed E-state index contributed by atoms with van der Waals surface area (Å²) in [5.41, 5.74) is 0.978. The fourth-order valence-corrected chi connectivity index (χ4v) is 3.33. The third-order valence-electron chi connectivity index (χ3n) is 4.83. The van der Waals surface area contributed by atoms with Crippen LogP contribution in [0, 0.1) is 13.8 Å². The topological polar surface area (TPSA) is 67.6 Å². The average molecular weight is 357 g/mol. The molecule has 1 aliphatic rings. The van der Waals surface area contributed by atoms with Gasteiger partial charge in [0.1, 0.15) is 18.0 Å². The molecule has 1 aromatic carbocycles. The number of piperidine rings is 1. The number of carbonyl (C=O) groups excluding carboxylic acids is 1. The third-order valence-corrected chi connectivity index (χ3v) is 4.83. The van der Waals surface area contributed by atoms with Crippen LogP contribution in [0.5, 0.6) is 5.75 Å². The lowest BCUT2D eigenvalue weighted by Gasteiger charge is -2.39. The Balaban J connectivity index is 1.53. The van der Waals surface area contributed by atoms with Crippen molar-refractivity contribution in [2.24, 2.45) is 0 Å². The van der Waals surface area contributed by atoms with Crippen LogP contribution in [0.15, 0.2) is 36.5 Å². The monoisotopic (exact) mass is 357 g/mol. The second-order valence-corrected chi connectivity index (χ2v) is 7.17. The number of nitrogens with zero attached hydrogens (tertiary/aromatic N) is 3. The maximum Gasteiger partial charge on any atom is 0.224 e. The molecule has 6 heteroatoms. The third kappa shape index (κ3) is 4.64. The lowest BCUT2D eigenvalue weighted by atomic mass is 9.93. The highest BCUT2D eigenvalue weighted by Crippen LogP contribution is 2.24. The van der Waals surface area contributed by atoms with E-state index in [0.29, 0.717) is 32.5 Å². The summed E-state index contributed by atoms with van der Waals surface area (Å²) in [6.07, 6.45) is 3.68. The minimum absolute atomic E-state index is 0.0483. The Morgan fingerprint density at radius 1 is 1.31 bits per heavy atom. The van der Waals surface area contributed by atoms with Crippen LogP contribution in [0.2, 0.25) is 0 Å². The van der Waals surface area contributed by atoms with Crippen LogP contribution >= 0.6 is 0 Å². The molecule has 6 nitrogen and oxygen atoms in total. The molecular weight excluding hydrogens is 330 g/mol. The van der Waals surface area contributed by atoms with E-state index in [0.717, 1.165) is 23.4 Å². The number of amides is 1. The molecule has 0 saturated carbocycles. The van der Waals surface area contributed by atoms with Gasteiger partial charge in [0.2, 0.25) is 5.91 Å². The van der Waals surface area contributed by atoms with E-state index in [-0.39, 0.29) is 12.5 Å². The van der Waals surface area contributed by atoms with Crippen molar-refractivity contribution in [3.05, 3.63) is 47.8 Å². The van der Waals surface area contributed by atoms with Crippen molar-refractivity contribution in [2.75, 3.05) is 19.7 Å². The van der Waals surface area contributed by atoms with Gasteiger partial charge in [-0.2, -0.15) is 5.10 Å². The van der Waals surface area contributed by atoms with E-state index in [2.05, 4.69) is 5.10 Å². The maximum atomic E-state index is 12.5. The first kappa shape index (κ1) is 18.5. The summed E-state index contributed by atoms with van der Waals surface area (Å²) in [4.78, 5) is 14.3. The van der Waals surface area contributed by atoms with Crippen molar-refractivity contribution >= 4 is 5.91 Å². The number of hydrogen-bond acceptors (Lipinski definition) is 4. The summed E-state index contributed by atoms with van der Waals surface area (Å²) in [7, 11) is 0. The van der Waals surface area contributed by atoms with E-state index in [4.69, 9.17) is 4.74 Å². The first-order chi connectivity index (χ1) is 12.5. The number of benzene rings is 1. The van der Waals surface area contributed by atoms with Gasteiger partial charge >= 0.3 is 0 Å². The van der Waals surface area contributed by atoms with Crippen molar-refractivity contribution in [1.82, 2.24) is 14.7 Å². The number of para-hydroxylation sites is 1. The van der Waals surface area contributed by atoms with E-state index in [9.17, 15) is 9.90 Å². The number of ether oxygens (including phenoxy) is 1. The molecule has 1 amide bonds. The average Bonchev–Trinajstić information content (AvgIpc) is 3.04. The summed E-state index contributed by atoms with van der Waals surface area (Å²) in [5, 5.41) is 15.2. The smallest absolute Gasteiger partial charge is 0.224 e. The van der Waals surface area contributed by atoms with Gasteiger partial charge in [0.15, 0.2) is 0 Å². The highest BCUT2D eigenvalue weighted by atomic mass is 16.5. The molecule has 3 rings (SSSR count). The normalized spacial score (nSPS) is 20.2. The molecule has 1 atom stereocenters. The summed E-state index contributed by atoms with van der Waals surface area (Å²) < 4.78 is 7.62. The molecule has 1 fully saturated rings. The Bertz CT molecular complexity index is 758. The molecule has 0 aliphatic carbocycles. The molecule has 0 unspecified atom stereocenters. The predicted molar refractivity (Wildman–Crippen MR) is 99.0 cm³/mol.